The van der Waals surface area contributed by atoms with Crippen LogP contribution in [-0.2, 0) is 4.74 Å². The fourth-order valence-electron chi connectivity index (χ4n) is 2.04. The van der Waals surface area contributed by atoms with Crippen molar-refractivity contribution in [3.8, 4) is 0 Å². The van der Waals surface area contributed by atoms with Gasteiger partial charge in [-0.3, -0.25) is 0 Å². The molecule has 0 aromatic carbocycles. The van der Waals surface area contributed by atoms with Crippen LogP contribution in [0.25, 0.3) is 0 Å². The quantitative estimate of drug-likeness (QED) is 0.722. The molecule has 0 bridgehead atoms. The van der Waals surface area contributed by atoms with Gasteiger partial charge in [0.25, 0.3) is 0 Å². The van der Waals surface area contributed by atoms with Gasteiger partial charge in [0.05, 0.1) is 0 Å². The summed E-state index contributed by atoms with van der Waals surface area (Å²) in [6.45, 7) is 3.75. The Morgan fingerprint density at radius 3 is 2.42 bits per heavy atom. The Bertz CT molecular complexity index is 363. The van der Waals surface area contributed by atoms with Crippen molar-refractivity contribution in [2.45, 2.75) is 39.2 Å². The van der Waals surface area contributed by atoms with Crippen LogP contribution in [0.3, 0.4) is 0 Å². The summed E-state index contributed by atoms with van der Waals surface area (Å²) >= 11 is 0. The monoisotopic (exact) mass is 278 g/mol. The summed E-state index contributed by atoms with van der Waals surface area (Å²) in [6, 6.07) is 0. The predicted molar refractivity (Wildman–Crippen MR) is 68.7 cm³/mol. The Balaban J connectivity index is 2.65. The molecule has 0 spiro atoms. The molecule has 0 saturated carbocycles. The topological polar surface area (TPSA) is 29.5 Å². The molecule has 0 radical (unpaired) electrons. The van der Waals surface area contributed by atoms with Crippen molar-refractivity contribution < 1.29 is 22.5 Å². The Labute approximate surface area is 111 Å². The van der Waals surface area contributed by atoms with Gasteiger partial charge in [-0.2, -0.15) is 0 Å². The van der Waals surface area contributed by atoms with Crippen LogP contribution in [0.5, 0.6) is 0 Å². The zero-order valence-corrected chi connectivity index (χ0v) is 11.6. The summed E-state index contributed by atoms with van der Waals surface area (Å²) < 4.78 is 43.2. The second-order valence-electron chi connectivity index (χ2n) is 5.92. The highest BCUT2D eigenvalue weighted by Crippen LogP contribution is 2.31. The fraction of sp³-hybridized carbons (Fsp3) is 0.750. The van der Waals surface area contributed by atoms with Crippen LogP contribution >= 0.6 is 0 Å². The van der Waals surface area contributed by atoms with Gasteiger partial charge in [-0.1, -0.05) is 0 Å². The lowest BCUT2D eigenvalue weighted by Gasteiger charge is -2.37. The molecular weight excluding hydrogens is 258 g/mol. The van der Waals surface area contributed by atoms with Gasteiger partial charge in [-0.15, -0.1) is 12.1 Å². The number of hydrogen-bond donors (Lipinski definition) is 0. The maximum atomic E-state index is 12.7. The molecule has 1 amide bonds. The number of halogens is 3. The minimum Gasteiger partial charge on any atom is -0.445 e. The van der Waals surface area contributed by atoms with E-state index in [1.807, 2.05) is 0 Å². The van der Waals surface area contributed by atoms with Crippen LogP contribution in [0.2, 0.25) is 0 Å². The molecule has 1 aliphatic heterocycles. The molecular formula is C12H20BF3NO2-. The van der Waals surface area contributed by atoms with Crippen LogP contribution in [0.4, 0.5) is 17.7 Å². The first kappa shape index (κ1) is 15.9. The summed E-state index contributed by atoms with van der Waals surface area (Å²) in [7, 11) is 0. The first-order valence-corrected chi connectivity index (χ1v) is 6.37. The average Bonchev–Trinajstić information content (AvgIpc) is 2.24. The molecule has 1 unspecified atom stereocenters. The predicted octanol–water partition coefficient (Wildman–Crippen LogP) is 3.58. The van der Waals surface area contributed by atoms with Gasteiger partial charge in [-0.05, 0) is 39.5 Å². The van der Waals surface area contributed by atoms with Crippen molar-refractivity contribution in [2.75, 3.05) is 13.1 Å². The van der Waals surface area contributed by atoms with E-state index in [4.69, 9.17) is 4.74 Å². The largest absolute Gasteiger partial charge is 0.505 e. The third kappa shape index (κ3) is 4.80. The van der Waals surface area contributed by atoms with Crippen LogP contribution in [0, 0.1) is 5.92 Å². The first-order valence-electron chi connectivity index (χ1n) is 6.37. The third-order valence-corrected chi connectivity index (χ3v) is 3.02. The van der Waals surface area contributed by atoms with E-state index in [2.05, 4.69) is 6.58 Å². The van der Waals surface area contributed by atoms with E-state index < -0.39 is 30.1 Å². The number of carbonyl (C=O) groups excluding carboxylic acids is 1. The Morgan fingerprint density at radius 2 is 1.95 bits per heavy atom. The van der Waals surface area contributed by atoms with Crippen molar-refractivity contribution in [1.82, 2.24) is 4.90 Å². The van der Waals surface area contributed by atoms with Crippen molar-refractivity contribution in [1.29, 1.82) is 0 Å². The van der Waals surface area contributed by atoms with Crippen LogP contribution < -0.4 is 0 Å². The highest BCUT2D eigenvalue weighted by atomic mass is 19.4. The van der Waals surface area contributed by atoms with Crippen LogP contribution in [0.15, 0.2) is 12.1 Å². The summed E-state index contributed by atoms with van der Waals surface area (Å²) in [6.07, 6.45) is 0.397. The second-order valence-corrected chi connectivity index (χ2v) is 5.92. The number of piperidine rings is 1. The number of hydrogen-bond acceptors (Lipinski definition) is 2. The zero-order chi connectivity index (χ0) is 14.8. The molecule has 0 N–H and O–H groups in total. The third-order valence-electron chi connectivity index (χ3n) is 3.02. The van der Waals surface area contributed by atoms with Crippen LogP contribution in [-0.4, -0.2) is 36.7 Å². The van der Waals surface area contributed by atoms with Crippen LogP contribution in [0.1, 0.15) is 33.6 Å². The molecule has 0 aromatic heterocycles. The highest BCUT2D eigenvalue weighted by Gasteiger charge is 2.35. The Morgan fingerprint density at radius 1 is 1.37 bits per heavy atom. The number of rotatable bonds is 2. The van der Waals surface area contributed by atoms with Crippen molar-refractivity contribution >= 4 is 13.1 Å². The summed E-state index contributed by atoms with van der Waals surface area (Å²) in [5.74, 6) is -0.707. The molecule has 0 aliphatic carbocycles. The lowest BCUT2D eigenvalue weighted by molar-refractivity contribution is 0.0183. The van der Waals surface area contributed by atoms with Crippen molar-refractivity contribution in [3.63, 3.8) is 0 Å². The van der Waals surface area contributed by atoms with Gasteiger partial charge in [-0.25, -0.2) is 4.79 Å². The molecule has 7 heteroatoms. The molecule has 1 atom stereocenters. The van der Waals surface area contributed by atoms with Gasteiger partial charge in [0, 0.05) is 13.1 Å². The lowest BCUT2D eigenvalue weighted by atomic mass is 9.70. The van der Waals surface area contributed by atoms with E-state index in [-0.39, 0.29) is 6.54 Å². The van der Waals surface area contributed by atoms with Gasteiger partial charge in [0.2, 0.25) is 0 Å². The van der Waals surface area contributed by atoms with E-state index >= 15 is 0 Å². The minimum atomic E-state index is -5.05. The normalized spacial score (nSPS) is 21.2. The molecule has 1 fully saturated rings. The summed E-state index contributed by atoms with van der Waals surface area (Å²) in [4.78, 5) is 13.2. The number of ether oxygens (including phenoxy) is 1. The smallest absolute Gasteiger partial charge is 0.445 e. The summed E-state index contributed by atoms with van der Waals surface area (Å²) in [5.41, 5.74) is -1.34. The maximum absolute atomic E-state index is 12.7. The molecule has 1 aliphatic rings. The minimum absolute atomic E-state index is 0.0367. The molecule has 19 heavy (non-hydrogen) atoms. The molecule has 1 heterocycles. The number of nitrogens with zero attached hydrogens (tertiary/aromatic N) is 1. The van der Waals surface area contributed by atoms with Crippen molar-refractivity contribution in [2.24, 2.45) is 5.92 Å². The Hall–Kier alpha value is -1.14. The van der Waals surface area contributed by atoms with Gasteiger partial charge < -0.3 is 22.6 Å². The van der Waals surface area contributed by atoms with E-state index in [1.165, 1.54) is 4.90 Å². The first-order chi connectivity index (χ1) is 8.50. The highest BCUT2D eigenvalue weighted by molar-refractivity contribution is 6.66. The van der Waals surface area contributed by atoms with E-state index in [1.54, 1.807) is 20.8 Å². The molecule has 110 valence electrons. The molecule has 1 rings (SSSR count). The maximum Gasteiger partial charge on any atom is 0.505 e. The standard InChI is InChI=1S/C12H20BF3NO2/c1-9(13(14,15)16)10-6-5-7-17(8-10)11(18)19-12(2,3)4/h10H,1,5-8H2,2-4H3/q-1. The summed E-state index contributed by atoms with van der Waals surface area (Å²) in [5, 5.41) is 0. The zero-order valence-electron chi connectivity index (χ0n) is 11.6. The van der Waals surface area contributed by atoms with Crippen molar-refractivity contribution in [3.05, 3.63) is 12.1 Å². The lowest BCUT2D eigenvalue weighted by Crippen LogP contribution is -2.44. The van der Waals surface area contributed by atoms with E-state index in [0.29, 0.717) is 19.4 Å². The SMILES string of the molecule is C=C(C1CCCN(C(=O)OC(C)(C)C)C1)[B-](F)(F)F. The van der Waals surface area contributed by atoms with Gasteiger partial charge >= 0.3 is 13.1 Å². The molecule has 1 saturated heterocycles. The number of likely N-dealkylation sites (tertiary alicyclic amines) is 1. The molecule has 3 nitrogen and oxygen atoms in total. The van der Waals surface area contributed by atoms with Gasteiger partial charge in [0.15, 0.2) is 0 Å². The number of amides is 1. The fourth-order valence-corrected chi connectivity index (χ4v) is 2.04. The second kappa shape index (κ2) is 5.47. The molecule has 0 aromatic rings. The van der Waals surface area contributed by atoms with E-state index in [0.717, 1.165) is 0 Å². The number of carbonyl (C=O) groups is 1. The van der Waals surface area contributed by atoms with E-state index in [9.17, 15) is 17.7 Å². The Kier molecular flexibility index (Phi) is 4.58. The average molecular weight is 278 g/mol. The van der Waals surface area contributed by atoms with Gasteiger partial charge in [0.1, 0.15) is 5.60 Å².